The summed E-state index contributed by atoms with van der Waals surface area (Å²) in [4.78, 5) is 23.1. The van der Waals surface area contributed by atoms with E-state index in [1.165, 1.54) is 25.1 Å². The van der Waals surface area contributed by atoms with Crippen molar-refractivity contribution in [2.24, 2.45) is 0 Å². The molecule has 158 valence electrons. The summed E-state index contributed by atoms with van der Waals surface area (Å²) in [6.45, 7) is 11.2. The lowest BCUT2D eigenvalue weighted by Gasteiger charge is -2.34. The van der Waals surface area contributed by atoms with Crippen molar-refractivity contribution in [2.45, 2.75) is 59.2 Å². The molecule has 2 aromatic rings. The van der Waals surface area contributed by atoms with Gasteiger partial charge < -0.3 is 4.57 Å². The van der Waals surface area contributed by atoms with Crippen LogP contribution in [0.5, 0.6) is 0 Å². The Balaban J connectivity index is 1.29. The average molecular weight is 418 g/mol. The number of amides is 1. The maximum absolute atomic E-state index is 11.7. The van der Waals surface area contributed by atoms with Gasteiger partial charge in [0.2, 0.25) is 5.91 Å². The third kappa shape index (κ3) is 4.84. The highest BCUT2D eigenvalue weighted by atomic mass is 32.1. The number of anilines is 1. The van der Waals surface area contributed by atoms with Crippen molar-refractivity contribution in [2.75, 3.05) is 37.6 Å². The van der Waals surface area contributed by atoms with E-state index in [1.807, 2.05) is 6.92 Å². The van der Waals surface area contributed by atoms with Crippen LogP contribution in [0.3, 0.4) is 0 Å². The van der Waals surface area contributed by atoms with E-state index in [4.69, 9.17) is 0 Å². The first-order chi connectivity index (χ1) is 14.1. The summed E-state index contributed by atoms with van der Waals surface area (Å²) in [6, 6.07) is 0. The van der Waals surface area contributed by atoms with Crippen molar-refractivity contribution in [3.8, 4) is 0 Å². The summed E-state index contributed by atoms with van der Waals surface area (Å²) >= 11 is 1.56. The molecule has 0 atom stereocenters. The largest absolute Gasteiger partial charge is 0.314 e. The van der Waals surface area contributed by atoms with Crippen LogP contribution in [0.1, 0.15) is 50.5 Å². The lowest BCUT2D eigenvalue weighted by Crippen LogP contribution is -2.45. The SMILES string of the molecule is CCN(C(C)=O)c1nc(CN2CCN(Cc3nnc4n3CCCCC4)CC2)cs1. The molecule has 0 bridgehead atoms. The van der Waals surface area contributed by atoms with Crippen LogP contribution < -0.4 is 4.90 Å². The molecule has 1 amide bonds. The van der Waals surface area contributed by atoms with Crippen LogP contribution in [-0.2, 0) is 30.8 Å². The number of thiazole rings is 1. The number of aromatic nitrogens is 4. The molecule has 9 heteroatoms. The fourth-order valence-corrected chi connectivity index (χ4v) is 5.11. The summed E-state index contributed by atoms with van der Waals surface area (Å²) in [6.07, 6.45) is 4.83. The molecule has 0 radical (unpaired) electrons. The van der Waals surface area contributed by atoms with Crippen LogP contribution in [0.2, 0.25) is 0 Å². The lowest BCUT2D eigenvalue weighted by atomic mass is 10.2. The fraction of sp³-hybridized carbons (Fsp3) is 0.700. The number of piperazine rings is 1. The quantitative estimate of drug-likeness (QED) is 0.717. The van der Waals surface area contributed by atoms with E-state index in [9.17, 15) is 4.79 Å². The molecule has 0 N–H and O–H groups in total. The standard InChI is InChI=1S/C20H31N7OS/c1-3-26(16(2)28)20-21-17(15-29-20)13-24-9-11-25(12-10-24)14-19-23-22-18-7-5-4-6-8-27(18)19/h15H,3-14H2,1-2H3. The Morgan fingerprint density at radius 3 is 2.55 bits per heavy atom. The van der Waals surface area contributed by atoms with Crippen molar-refractivity contribution in [1.29, 1.82) is 0 Å². The molecule has 2 aliphatic rings. The normalized spacial score (nSPS) is 18.4. The molecule has 2 aromatic heterocycles. The molecular weight excluding hydrogens is 386 g/mol. The minimum atomic E-state index is 0.0494. The summed E-state index contributed by atoms with van der Waals surface area (Å²) in [5, 5.41) is 11.8. The van der Waals surface area contributed by atoms with Crippen molar-refractivity contribution in [1.82, 2.24) is 29.5 Å². The zero-order chi connectivity index (χ0) is 20.2. The lowest BCUT2D eigenvalue weighted by molar-refractivity contribution is -0.116. The molecule has 0 spiro atoms. The molecule has 0 aliphatic carbocycles. The van der Waals surface area contributed by atoms with Gasteiger partial charge in [0.05, 0.1) is 12.2 Å². The van der Waals surface area contributed by atoms with Gasteiger partial charge in [0, 0.05) is 64.5 Å². The molecule has 1 saturated heterocycles. The Kier molecular flexibility index (Phi) is 6.56. The number of carbonyl (C=O) groups excluding carboxylic acids is 1. The van der Waals surface area contributed by atoms with Crippen molar-refractivity contribution < 1.29 is 4.79 Å². The van der Waals surface area contributed by atoms with E-state index in [-0.39, 0.29) is 5.91 Å². The molecule has 0 saturated carbocycles. The highest BCUT2D eigenvalue weighted by molar-refractivity contribution is 7.14. The van der Waals surface area contributed by atoms with Crippen molar-refractivity contribution in [3.63, 3.8) is 0 Å². The first-order valence-electron chi connectivity index (χ1n) is 10.7. The van der Waals surface area contributed by atoms with Crippen LogP contribution in [0.15, 0.2) is 5.38 Å². The molecule has 29 heavy (non-hydrogen) atoms. The van der Waals surface area contributed by atoms with Gasteiger partial charge in [-0.1, -0.05) is 6.42 Å². The van der Waals surface area contributed by atoms with Crippen LogP contribution in [0, 0.1) is 0 Å². The van der Waals surface area contributed by atoms with E-state index < -0.39 is 0 Å². The van der Waals surface area contributed by atoms with Gasteiger partial charge in [-0.15, -0.1) is 21.5 Å². The Bertz CT molecular complexity index is 825. The molecule has 1 fully saturated rings. The van der Waals surface area contributed by atoms with Gasteiger partial charge in [-0.25, -0.2) is 4.98 Å². The summed E-state index contributed by atoms with van der Waals surface area (Å²) < 4.78 is 2.35. The maximum atomic E-state index is 11.7. The number of aryl methyl sites for hydroxylation is 1. The van der Waals surface area contributed by atoms with E-state index in [1.54, 1.807) is 23.2 Å². The van der Waals surface area contributed by atoms with Gasteiger partial charge in [0.25, 0.3) is 0 Å². The van der Waals surface area contributed by atoms with Gasteiger partial charge in [0.15, 0.2) is 5.13 Å². The highest BCUT2D eigenvalue weighted by Crippen LogP contribution is 2.22. The van der Waals surface area contributed by atoms with Crippen LogP contribution >= 0.6 is 11.3 Å². The first kappa shape index (κ1) is 20.4. The van der Waals surface area contributed by atoms with Gasteiger partial charge in [-0.2, -0.15) is 0 Å². The first-order valence-corrected chi connectivity index (χ1v) is 11.6. The molecule has 0 aromatic carbocycles. The van der Waals surface area contributed by atoms with Crippen molar-refractivity contribution in [3.05, 3.63) is 22.7 Å². The molecule has 2 aliphatic heterocycles. The predicted octanol–water partition coefficient (Wildman–Crippen LogP) is 2.15. The Labute approximate surface area is 176 Å². The van der Waals surface area contributed by atoms with Gasteiger partial charge in [-0.05, 0) is 19.8 Å². The number of fused-ring (bicyclic) bond motifs is 1. The Hall–Kier alpha value is -1.84. The maximum Gasteiger partial charge on any atom is 0.225 e. The number of nitrogens with zero attached hydrogens (tertiary/aromatic N) is 7. The second kappa shape index (κ2) is 9.32. The summed E-state index contributed by atoms with van der Waals surface area (Å²) in [5.41, 5.74) is 1.06. The van der Waals surface area contributed by atoms with Crippen molar-refractivity contribution >= 4 is 22.4 Å². The highest BCUT2D eigenvalue weighted by Gasteiger charge is 2.22. The summed E-state index contributed by atoms with van der Waals surface area (Å²) in [7, 11) is 0. The van der Waals surface area contributed by atoms with Gasteiger partial charge >= 0.3 is 0 Å². The number of hydrogen-bond donors (Lipinski definition) is 0. The number of carbonyl (C=O) groups is 1. The average Bonchev–Trinajstić information content (AvgIpc) is 3.23. The second-order valence-corrected chi connectivity index (χ2v) is 8.77. The predicted molar refractivity (Wildman–Crippen MR) is 114 cm³/mol. The zero-order valence-electron chi connectivity index (χ0n) is 17.5. The van der Waals surface area contributed by atoms with Crippen LogP contribution in [0.25, 0.3) is 0 Å². The zero-order valence-corrected chi connectivity index (χ0v) is 18.3. The van der Waals surface area contributed by atoms with E-state index in [0.29, 0.717) is 6.54 Å². The smallest absolute Gasteiger partial charge is 0.225 e. The summed E-state index contributed by atoms with van der Waals surface area (Å²) in [5.74, 6) is 2.35. The van der Waals surface area contributed by atoms with E-state index in [2.05, 4.69) is 34.9 Å². The molecule has 4 rings (SSSR count). The van der Waals surface area contributed by atoms with Gasteiger partial charge in [0.1, 0.15) is 11.6 Å². The number of hydrogen-bond acceptors (Lipinski definition) is 7. The van der Waals surface area contributed by atoms with Crippen LogP contribution in [-0.4, -0.2) is 68.2 Å². The Morgan fingerprint density at radius 1 is 1.07 bits per heavy atom. The molecule has 4 heterocycles. The van der Waals surface area contributed by atoms with E-state index in [0.717, 1.165) is 68.9 Å². The minimum absolute atomic E-state index is 0.0494. The Morgan fingerprint density at radius 2 is 1.83 bits per heavy atom. The monoisotopic (exact) mass is 417 g/mol. The molecular formula is C20H31N7OS. The van der Waals surface area contributed by atoms with E-state index >= 15 is 0 Å². The topological polar surface area (TPSA) is 70.4 Å². The van der Waals surface area contributed by atoms with Gasteiger partial charge in [-0.3, -0.25) is 19.5 Å². The minimum Gasteiger partial charge on any atom is -0.314 e. The third-order valence-electron chi connectivity index (χ3n) is 5.87. The van der Waals surface area contributed by atoms with Crippen LogP contribution in [0.4, 0.5) is 5.13 Å². The second-order valence-electron chi connectivity index (χ2n) is 7.93. The fourth-order valence-electron chi connectivity index (χ4n) is 4.18. The molecule has 0 unspecified atom stereocenters. The molecule has 8 nitrogen and oxygen atoms in total. The third-order valence-corrected chi connectivity index (χ3v) is 6.78. The number of rotatable bonds is 6.